The fourth-order valence-corrected chi connectivity index (χ4v) is 4.33. The molecule has 0 atom stereocenters. The topological polar surface area (TPSA) is 92.5 Å². The van der Waals surface area contributed by atoms with Gasteiger partial charge in [-0.1, -0.05) is 0 Å². The molecule has 3 N–H and O–H groups in total. The third-order valence-corrected chi connectivity index (χ3v) is 5.61. The van der Waals surface area contributed by atoms with E-state index in [0.717, 1.165) is 54.3 Å². The fraction of sp³-hybridized carbons (Fsp3) is 0.316. The van der Waals surface area contributed by atoms with Gasteiger partial charge in [-0.3, -0.25) is 4.68 Å². The Bertz CT molecular complexity index is 1010. The van der Waals surface area contributed by atoms with Crippen LogP contribution in [0.2, 0.25) is 0 Å². The zero-order chi connectivity index (χ0) is 18.3. The molecule has 0 saturated carbocycles. The van der Waals surface area contributed by atoms with Crippen molar-refractivity contribution in [3.63, 3.8) is 0 Å². The molecule has 1 aliphatic heterocycles. The van der Waals surface area contributed by atoms with Crippen LogP contribution in [0.3, 0.4) is 0 Å². The summed E-state index contributed by atoms with van der Waals surface area (Å²) < 4.78 is 2.02. The molecule has 4 heterocycles. The highest BCUT2D eigenvalue weighted by Gasteiger charge is 2.19. The molecule has 0 aromatic carbocycles. The predicted molar refractivity (Wildman–Crippen MR) is 111 cm³/mol. The van der Waals surface area contributed by atoms with E-state index in [1.165, 1.54) is 9.75 Å². The summed E-state index contributed by atoms with van der Waals surface area (Å²) >= 11 is 1.73. The average Bonchev–Trinajstić information content (AvgIpc) is 3.09. The highest BCUT2D eigenvalue weighted by molar-refractivity contribution is 7.12. The first-order valence-electron chi connectivity index (χ1n) is 8.62. The first-order chi connectivity index (χ1) is 12.6. The molecule has 0 spiro atoms. The number of nitriles is 1. The van der Waals surface area contributed by atoms with E-state index < -0.39 is 0 Å². The highest BCUT2D eigenvalue weighted by atomic mass is 35.5. The quantitative estimate of drug-likeness (QED) is 0.684. The van der Waals surface area contributed by atoms with Crippen LogP contribution in [-0.4, -0.2) is 21.3 Å². The summed E-state index contributed by atoms with van der Waals surface area (Å²) in [6, 6.07) is 8.31. The molecule has 4 rings (SSSR count). The standard InChI is InChI=1S/C19H20N6S.ClH/c1-11-6-14(12(2)26-11)17-8-15(16(9-20)19(21)23-17)18-7-13-10-22-4-3-5-25(13)24-18;/h6-8,22H,3-5,10H2,1-2H3,(H2,21,23);1H. The minimum Gasteiger partial charge on any atom is -0.383 e. The number of aromatic nitrogens is 3. The number of hydrogen-bond acceptors (Lipinski definition) is 6. The molecule has 6 nitrogen and oxygen atoms in total. The largest absolute Gasteiger partial charge is 0.383 e. The number of rotatable bonds is 2. The molecule has 0 aliphatic carbocycles. The molecular weight excluding hydrogens is 380 g/mol. The molecule has 0 radical (unpaired) electrons. The van der Waals surface area contributed by atoms with Crippen molar-refractivity contribution in [3.05, 3.63) is 39.2 Å². The van der Waals surface area contributed by atoms with E-state index >= 15 is 0 Å². The van der Waals surface area contributed by atoms with Gasteiger partial charge in [0.1, 0.15) is 17.5 Å². The van der Waals surface area contributed by atoms with Crippen LogP contribution >= 0.6 is 23.7 Å². The lowest BCUT2D eigenvalue weighted by molar-refractivity contribution is 0.589. The molecule has 0 bridgehead atoms. The summed E-state index contributed by atoms with van der Waals surface area (Å²) in [5.74, 6) is 0.254. The van der Waals surface area contributed by atoms with Crippen molar-refractivity contribution in [2.45, 2.75) is 33.4 Å². The lowest BCUT2D eigenvalue weighted by Crippen LogP contribution is -2.11. The van der Waals surface area contributed by atoms with Crippen LogP contribution in [0.1, 0.15) is 27.4 Å². The average molecular weight is 401 g/mol. The Labute approximate surface area is 168 Å². The predicted octanol–water partition coefficient (Wildman–Crippen LogP) is 3.66. The monoisotopic (exact) mass is 400 g/mol. The maximum atomic E-state index is 9.61. The lowest BCUT2D eigenvalue weighted by Gasteiger charge is -2.08. The minimum absolute atomic E-state index is 0. The molecule has 3 aromatic rings. The number of anilines is 1. The van der Waals surface area contributed by atoms with Crippen LogP contribution in [0.15, 0.2) is 18.2 Å². The third kappa shape index (κ3) is 3.56. The Kier molecular flexibility index (Phi) is 5.51. The smallest absolute Gasteiger partial charge is 0.142 e. The van der Waals surface area contributed by atoms with Crippen molar-refractivity contribution in [2.24, 2.45) is 0 Å². The van der Waals surface area contributed by atoms with Gasteiger partial charge in [0.2, 0.25) is 0 Å². The second-order valence-electron chi connectivity index (χ2n) is 6.53. The van der Waals surface area contributed by atoms with Crippen molar-refractivity contribution in [1.29, 1.82) is 5.26 Å². The summed E-state index contributed by atoms with van der Waals surface area (Å²) in [5, 5.41) is 17.7. The van der Waals surface area contributed by atoms with Gasteiger partial charge in [0.15, 0.2) is 0 Å². The van der Waals surface area contributed by atoms with Gasteiger partial charge < -0.3 is 11.1 Å². The molecule has 0 amide bonds. The second-order valence-corrected chi connectivity index (χ2v) is 7.99. The molecule has 8 heteroatoms. The van der Waals surface area contributed by atoms with Gasteiger partial charge in [-0.05, 0) is 45.0 Å². The lowest BCUT2D eigenvalue weighted by atomic mass is 10.0. The maximum Gasteiger partial charge on any atom is 0.142 e. The molecule has 1 aliphatic rings. The van der Waals surface area contributed by atoms with Crippen LogP contribution in [-0.2, 0) is 13.1 Å². The van der Waals surface area contributed by atoms with E-state index in [-0.39, 0.29) is 18.2 Å². The SMILES string of the molecule is Cc1cc(-c2cc(-c3cc4n(n3)CCCNC4)c(C#N)c(N)n2)c(C)s1.Cl. The number of hydrogen-bond donors (Lipinski definition) is 2. The molecular formula is C19H21ClN6S. The van der Waals surface area contributed by atoms with Gasteiger partial charge in [-0.25, -0.2) is 4.98 Å². The van der Waals surface area contributed by atoms with E-state index in [9.17, 15) is 5.26 Å². The number of nitrogens with one attached hydrogen (secondary N) is 1. The number of nitrogen functional groups attached to an aromatic ring is 1. The maximum absolute atomic E-state index is 9.61. The fourth-order valence-electron chi connectivity index (χ4n) is 3.40. The van der Waals surface area contributed by atoms with Crippen molar-refractivity contribution in [3.8, 4) is 28.6 Å². The van der Waals surface area contributed by atoms with Crippen LogP contribution in [0.25, 0.3) is 22.5 Å². The Morgan fingerprint density at radius 2 is 2.04 bits per heavy atom. The molecule has 3 aromatic heterocycles. The van der Waals surface area contributed by atoms with E-state index in [4.69, 9.17) is 10.8 Å². The number of nitrogens with two attached hydrogens (primary N) is 1. The number of pyridine rings is 1. The molecule has 0 fully saturated rings. The summed E-state index contributed by atoms with van der Waals surface area (Å²) in [6.45, 7) is 6.80. The van der Waals surface area contributed by atoms with E-state index in [1.54, 1.807) is 11.3 Å². The number of thiophene rings is 1. The highest BCUT2D eigenvalue weighted by Crippen LogP contribution is 2.35. The minimum atomic E-state index is 0. The van der Waals surface area contributed by atoms with Gasteiger partial charge in [-0.2, -0.15) is 10.4 Å². The second kappa shape index (κ2) is 7.69. The van der Waals surface area contributed by atoms with Gasteiger partial charge >= 0.3 is 0 Å². The van der Waals surface area contributed by atoms with Crippen LogP contribution in [0.4, 0.5) is 5.82 Å². The normalized spacial score (nSPS) is 13.4. The zero-order valence-corrected chi connectivity index (χ0v) is 16.9. The summed E-state index contributed by atoms with van der Waals surface area (Å²) in [7, 11) is 0. The van der Waals surface area contributed by atoms with E-state index in [1.807, 2.05) is 16.8 Å². The Morgan fingerprint density at radius 1 is 1.22 bits per heavy atom. The van der Waals surface area contributed by atoms with E-state index in [2.05, 4.69) is 36.3 Å². The number of nitrogens with zero attached hydrogens (tertiary/aromatic N) is 4. The molecule has 0 unspecified atom stereocenters. The van der Waals surface area contributed by atoms with Crippen molar-refractivity contribution < 1.29 is 0 Å². The summed E-state index contributed by atoms with van der Waals surface area (Å²) in [6.07, 6.45) is 1.04. The molecule has 0 saturated heterocycles. The van der Waals surface area contributed by atoms with Crippen molar-refractivity contribution in [1.82, 2.24) is 20.1 Å². The Hall–Kier alpha value is -2.40. The molecule has 27 heavy (non-hydrogen) atoms. The first kappa shape index (κ1) is 19.4. The van der Waals surface area contributed by atoms with Gasteiger partial charge in [-0.15, -0.1) is 23.7 Å². The number of aryl methyl sites for hydroxylation is 3. The van der Waals surface area contributed by atoms with Crippen molar-refractivity contribution >= 4 is 29.6 Å². The van der Waals surface area contributed by atoms with Crippen LogP contribution in [0.5, 0.6) is 0 Å². The number of fused-ring (bicyclic) bond motifs is 1. The third-order valence-electron chi connectivity index (χ3n) is 4.65. The van der Waals surface area contributed by atoms with Gasteiger partial charge in [0.05, 0.1) is 17.1 Å². The summed E-state index contributed by atoms with van der Waals surface area (Å²) in [5.41, 5.74) is 11.0. The molecule has 140 valence electrons. The first-order valence-corrected chi connectivity index (χ1v) is 9.44. The van der Waals surface area contributed by atoms with Crippen molar-refractivity contribution in [2.75, 3.05) is 12.3 Å². The zero-order valence-electron chi connectivity index (χ0n) is 15.2. The van der Waals surface area contributed by atoms with E-state index in [0.29, 0.717) is 5.56 Å². The van der Waals surface area contributed by atoms with Gasteiger partial charge in [0, 0.05) is 34.0 Å². The van der Waals surface area contributed by atoms with Gasteiger partial charge in [0.25, 0.3) is 0 Å². The van der Waals surface area contributed by atoms with Crippen LogP contribution < -0.4 is 11.1 Å². The number of halogens is 1. The Balaban J connectivity index is 0.00000210. The van der Waals surface area contributed by atoms with Crippen LogP contribution in [0, 0.1) is 25.2 Å². The summed E-state index contributed by atoms with van der Waals surface area (Å²) in [4.78, 5) is 6.90. The Morgan fingerprint density at radius 3 is 2.74 bits per heavy atom.